The third-order valence-corrected chi connectivity index (χ3v) is 4.84. The summed E-state index contributed by atoms with van der Waals surface area (Å²) in [6, 6.07) is 0.302. The third-order valence-electron chi connectivity index (χ3n) is 4.37. The van der Waals surface area contributed by atoms with E-state index in [-0.39, 0.29) is 5.60 Å². The fourth-order valence-electron chi connectivity index (χ4n) is 3.02. The maximum absolute atomic E-state index is 6.34. The summed E-state index contributed by atoms with van der Waals surface area (Å²) in [7, 11) is 3.71. The highest BCUT2D eigenvalue weighted by Gasteiger charge is 2.44. The van der Waals surface area contributed by atoms with Crippen molar-refractivity contribution in [1.29, 1.82) is 0 Å². The third kappa shape index (κ3) is 2.67. The molecule has 108 valence electrons. The molecule has 2 rings (SSSR count). The zero-order valence-corrected chi connectivity index (χ0v) is 13.0. The quantitative estimate of drug-likeness (QED) is 0.873. The number of halogens is 1. The minimum absolute atomic E-state index is 0.0262. The summed E-state index contributed by atoms with van der Waals surface area (Å²) in [5.74, 6) is 0. The second-order valence-electron chi connectivity index (χ2n) is 5.42. The molecule has 1 aliphatic rings. The van der Waals surface area contributed by atoms with Gasteiger partial charge in [0.15, 0.2) is 0 Å². The highest BCUT2D eigenvalue weighted by atomic mass is 35.5. The molecule has 4 nitrogen and oxygen atoms in total. The van der Waals surface area contributed by atoms with Gasteiger partial charge in [0, 0.05) is 25.8 Å². The van der Waals surface area contributed by atoms with Crippen molar-refractivity contribution in [2.75, 3.05) is 13.7 Å². The van der Waals surface area contributed by atoms with Gasteiger partial charge in [-0.2, -0.15) is 5.10 Å². The lowest BCUT2D eigenvalue weighted by atomic mass is 9.72. The van der Waals surface area contributed by atoms with E-state index in [1.54, 1.807) is 4.68 Å². The number of methoxy groups -OCH3 is 1. The summed E-state index contributed by atoms with van der Waals surface area (Å²) in [6.45, 7) is 5.09. The lowest BCUT2D eigenvalue weighted by Gasteiger charge is -2.47. The van der Waals surface area contributed by atoms with Crippen LogP contribution in [0.3, 0.4) is 0 Å². The summed E-state index contributed by atoms with van der Waals surface area (Å²) in [4.78, 5) is 0. The number of likely N-dealkylation sites (N-methyl/N-ethyl adjacent to an activating group) is 1. The molecular weight excluding hydrogens is 262 g/mol. The fraction of sp³-hybridized carbons (Fsp3) is 0.786. The monoisotopic (exact) mass is 285 g/mol. The number of hydrogen-bond acceptors (Lipinski definition) is 3. The summed E-state index contributed by atoms with van der Waals surface area (Å²) < 4.78 is 7.56. The summed E-state index contributed by atoms with van der Waals surface area (Å²) in [6.07, 6.45) is 4.37. The molecule has 0 bridgehead atoms. The van der Waals surface area contributed by atoms with Gasteiger partial charge in [-0.15, -0.1) is 0 Å². The van der Waals surface area contributed by atoms with Crippen LogP contribution in [0.1, 0.15) is 37.4 Å². The molecule has 1 fully saturated rings. The molecule has 1 N–H and O–H groups in total. The number of aromatic nitrogens is 2. The van der Waals surface area contributed by atoms with E-state index in [0.29, 0.717) is 6.04 Å². The first kappa shape index (κ1) is 14.8. The van der Waals surface area contributed by atoms with Crippen LogP contribution in [0, 0.1) is 6.92 Å². The molecule has 1 unspecified atom stereocenters. The number of nitrogens with zero attached hydrogens (tertiary/aromatic N) is 2. The van der Waals surface area contributed by atoms with E-state index in [1.807, 2.05) is 21.1 Å². The molecule has 0 aliphatic heterocycles. The van der Waals surface area contributed by atoms with Gasteiger partial charge in [0.1, 0.15) is 5.15 Å². The molecular formula is C14H24ClN3O. The lowest BCUT2D eigenvalue weighted by molar-refractivity contribution is -0.0978. The van der Waals surface area contributed by atoms with Crippen molar-refractivity contribution >= 4 is 11.6 Å². The minimum atomic E-state index is -0.0262. The molecule has 1 aliphatic carbocycles. The van der Waals surface area contributed by atoms with E-state index in [4.69, 9.17) is 16.3 Å². The van der Waals surface area contributed by atoms with Crippen LogP contribution in [0.4, 0.5) is 0 Å². The van der Waals surface area contributed by atoms with Crippen LogP contribution in [0.25, 0.3) is 0 Å². The summed E-state index contributed by atoms with van der Waals surface area (Å²) in [5.41, 5.74) is 2.13. The van der Waals surface area contributed by atoms with Crippen molar-refractivity contribution < 1.29 is 4.74 Å². The number of ether oxygens (including phenoxy) is 1. The maximum Gasteiger partial charge on any atom is 0.130 e. The highest BCUT2D eigenvalue weighted by molar-refractivity contribution is 6.30. The second kappa shape index (κ2) is 5.81. The van der Waals surface area contributed by atoms with Gasteiger partial charge in [-0.25, -0.2) is 0 Å². The van der Waals surface area contributed by atoms with Crippen molar-refractivity contribution in [3.8, 4) is 0 Å². The van der Waals surface area contributed by atoms with Crippen LogP contribution in [-0.2, 0) is 18.2 Å². The second-order valence-corrected chi connectivity index (χ2v) is 5.77. The van der Waals surface area contributed by atoms with Crippen molar-refractivity contribution in [3.05, 3.63) is 16.4 Å². The van der Waals surface area contributed by atoms with Crippen LogP contribution in [-0.4, -0.2) is 35.1 Å². The van der Waals surface area contributed by atoms with Gasteiger partial charge >= 0.3 is 0 Å². The Balaban J connectivity index is 2.21. The molecule has 0 saturated heterocycles. The van der Waals surface area contributed by atoms with E-state index in [1.165, 1.54) is 6.42 Å². The molecule has 0 aromatic carbocycles. The smallest absolute Gasteiger partial charge is 0.130 e. The first-order valence-electron chi connectivity index (χ1n) is 7.00. The van der Waals surface area contributed by atoms with Crippen LogP contribution in [0.5, 0.6) is 0 Å². The Morgan fingerprint density at radius 2 is 2.21 bits per heavy atom. The van der Waals surface area contributed by atoms with Crippen LogP contribution < -0.4 is 5.32 Å². The molecule has 19 heavy (non-hydrogen) atoms. The van der Waals surface area contributed by atoms with Gasteiger partial charge in [-0.05, 0) is 39.2 Å². The Labute approximate surface area is 120 Å². The molecule has 0 amide bonds. The van der Waals surface area contributed by atoms with E-state index < -0.39 is 0 Å². The molecule has 0 radical (unpaired) electrons. The fourth-order valence-corrected chi connectivity index (χ4v) is 3.27. The molecule has 1 saturated carbocycles. The topological polar surface area (TPSA) is 39.1 Å². The zero-order valence-electron chi connectivity index (χ0n) is 12.3. The molecule has 1 aromatic rings. The molecule has 1 atom stereocenters. The predicted molar refractivity (Wildman–Crippen MR) is 77.7 cm³/mol. The van der Waals surface area contributed by atoms with Gasteiger partial charge in [-0.1, -0.05) is 18.5 Å². The molecule has 1 heterocycles. The van der Waals surface area contributed by atoms with Crippen LogP contribution in [0.15, 0.2) is 0 Å². The van der Waals surface area contributed by atoms with Gasteiger partial charge in [0.2, 0.25) is 0 Å². The van der Waals surface area contributed by atoms with E-state index in [2.05, 4.69) is 17.3 Å². The van der Waals surface area contributed by atoms with Gasteiger partial charge in [0.05, 0.1) is 11.3 Å². The zero-order chi connectivity index (χ0) is 14.0. The molecule has 1 aromatic heterocycles. The van der Waals surface area contributed by atoms with Gasteiger partial charge < -0.3 is 10.1 Å². The average Bonchev–Trinajstić information content (AvgIpc) is 2.55. The van der Waals surface area contributed by atoms with Gasteiger partial charge in [0.25, 0.3) is 0 Å². The summed E-state index contributed by atoms with van der Waals surface area (Å²) in [5, 5.41) is 8.70. The molecule has 5 heteroatoms. The Hall–Kier alpha value is -0.580. The maximum atomic E-state index is 6.34. The van der Waals surface area contributed by atoms with E-state index in [0.717, 1.165) is 42.2 Å². The van der Waals surface area contributed by atoms with Gasteiger partial charge in [-0.3, -0.25) is 4.68 Å². The van der Waals surface area contributed by atoms with E-state index >= 15 is 0 Å². The average molecular weight is 286 g/mol. The minimum Gasteiger partial charge on any atom is -0.377 e. The van der Waals surface area contributed by atoms with Crippen molar-refractivity contribution in [2.24, 2.45) is 7.05 Å². The first-order valence-corrected chi connectivity index (χ1v) is 7.38. The Morgan fingerprint density at radius 1 is 1.53 bits per heavy atom. The Morgan fingerprint density at radius 3 is 2.58 bits per heavy atom. The normalized spacial score (nSPS) is 19.2. The highest BCUT2D eigenvalue weighted by Crippen LogP contribution is 2.40. The van der Waals surface area contributed by atoms with E-state index in [9.17, 15) is 0 Å². The largest absolute Gasteiger partial charge is 0.377 e. The number of nitrogens with one attached hydrogen (secondary N) is 1. The molecule has 0 spiro atoms. The van der Waals surface area contributed by atoms with Crippen molar-refractivity contribution in [3.63, 3.8) is 0 Å². The Kier molecular flexibility index (Phi) is 4.54. The van der Waals surface area contributed by atoms with Crippen molar-refractivity contribution in [2.45, 2.75) is 51.2 Å². The lowest BCUT2D eigenvalue weighted by Crippen LogP contribution is -2.57. The number of hydrogen-bond donors (Lipinski definition) is 1. The number of rotatable bonds is 6. The summed E-state index contributed by atoms with van der Waals surface area (Å²) >= 11 is 6.34. The predicted octanol–water partition coefficient (Wildman–Crippen LogP) is 2.47. The SMILES string of the molecule is CCNC(Cc1c(C)nn(C)c1Cl)C1(OC)CCC1. The van der Waals surface area contributed by atoms with Crippen LogP contribution >= 0.6 is 11.6 Å². The Bertz CT molecular complexity index is 435. The van der Waals surface area contributed by atoms with Crippen LogP contribution in [0.2, 0.25) is 5.15 Å². The number of aryl methyl sites for hydroxylation is 2. The standard InChI is InChI=1S/C14H24ClN3O/c1-5-16-12(14(19-4)7-6-8-14)9-11-10(2)17-18(3)13(11)15/h12,16H,5-9H2,1-4H3. The first-order chi connectivity index (χ1) is 9.04. The van der Waals surface area contributed by atoms with Crippen molar-refractivity contribution in [1.82, 2.24) is 15.1 Å².